The van der Waals surface area contributed by atoms with Crippen LogP contribution in [0.3, 0.4) is 0 Å². The second-order valence-electron chi connectivity index (χ2n) is 8.18. The van der Waals surface area contributed by atoms with Crippen molar-refractivity contribution in [3.63, 3.8) is 0 Å². The van der Waals surface area contributed by atoms with Crippen molar-refractivity contribution in [1.29, 1.82) is 0 Å². The van der Waals surface area contributed by atoms with Crippen molar-refractivity contribution in [2.24, 2.45) is 0 Å². The molecular formula is C23H27N3OS. The molecule has 4 nitrogen and oxygen atoms in total. The summed E-state index contributed by atoms with van der Waals surface area (Å²) in [4.78, 5) is 14.4. The van der Waals surface area contributed by atoms with E-state index in [-0.39, 0.29) is 11.9 Å². The highest BCUT2D eigenvalue weighted by Crippen LogP contribution is 2.39. The van der Waals surface area contributed by atoms with Gasteiger partial charge >= 0.3 is 0 Å². The number of benzene rings is 2. The number of nitrogens with zero attached hydrogens (tertiary/aromatic N) is 1. The second kappa shape index (κ2) is 7.45. The maximum absolute atomic E-state index is 13.3. The van der Waals surface area contributed by atoms with E-state index in [1.165, 1.54) is 35.1 Å². The van der Waals surface area contributed by atoms with Crippen LogP contribution in [0.2, 0.25) is 0 Å². The maximum Gasteiger partial charge on any atom is 0.242 e. The smallest absolute Gasteiger partial charge is 0.242 e. The number of hydrogen-bond donors (Lipinski definition) is 2. The van der Waals surface area contributed by atoms with Gasteiger partial charge < -0.3 is 11.1 Å². The van der Waals surface area contributed by atoms with Crippen LogP contribution in [-0.4, -0.2) is 22.8 Å². The van der Waals surface area contributed by atoms with Crippen LogP contribution in [0.15, 0.2) is 35.2 Å². The van der Waals surface area contributed by atoms with Gasteiger partial charge in [0.15, 0.2) is 0 Å². The fraction of sp³-hybridized carbons (Fsp3) is 0.435. The first-order chi connectivity index (χ1) is 13.7. The van der Waals surface area contributed by atoms with Crippen molar-refractivity contribution < 1.29 is 4.79 Å². The van der Waals surface area contributed by atoms with Crippen LogP contribution in [-0.2, 0) is 30.5 Å². The van der Waals surface area contributed by atoms with E-state index < -0.39 is 0 Å². The molecule has 5 rings (SSSR count). The van der Waals surface area contributed by atoms with Crippen molar-refractivity contribution in [2.75, 3.05) is 17.6 Å². The lowest BCUT2D eigenvalue weighted by molar-refractivity contribution is -0.119. The molecule has 28 heavy (non-hydrogen) atoms. The van der Waals surface area contributed by atoms with Gasteiger partial charge in [0.2, 0.25) is 5.91 Å². The number of carbonyl (C=O) groups is 1. The van der Waals surface area contributed by atoms with Crippen LogP contribution in [0.1, 0.15) is 47.9 Å². The summed E-state index contributed by atoms with van der Waals surface area (Å²) in [6.07, 6.45) is 8.94. The maximum atomic E-state index is 13.3. The Morgan fingerprint density at radius 1 is 1.00 bits per heavy atom. The molecule has 1 aliphatic heterocycles. The van der Waals surface area contributed by atoms with E-state index >= 15 is 0 Å². The number of anilines is 2. The zero-order chi connectivity index (χ0) is 19.1. The van der Waals surface area contributed by atoms with Crippen LogP contribution in [0, 0.1) is 0 Å². The first kappa shape index (κ1) is 18.1. The van der Waals surface area contributed by atoms with E-state index in [9.17, 15) is 4.79 Å². The van der Waals surface area contributed by atoms with Crippen molar-refractivity contribution in [1.82, 2.24) is 4.31 Å². The highest BCUT2D eigenvalue weighted by molar-refractivity contribution is 7.97. The minimum absolute atomic E-state index is 0.0723. The Labute approximate surface area is 171 Å². The van der Waals surface area contributed by atoms with Gasteiger partial charge in [-0.2, -0.15) is 0 Å². The lowest BCUT2D eigenvalue weighted by atomic mass is 9.98. The summed E-state index contributed by atoms with van der Waals surface area (Å²) in [5.41, 5.74) is 13.5. The van der Waals surface area contributed by atoms with E-state index in [2.05, 4.69) is 15.7 Å². The molecule has 1 amide bonds. The summed E-state index contributed by atoms with van der Waals surface area (Å²) in [5.74, 6) is 0.162. The quantitative estimate of drug-likeness (QED) is 0.599. The van der Waals surface area contributed by atoms with Crippen LogP contribution in [0.25, 0.3) is 0 Å². The van der Waals surface area contributed by atoms with Crippen molar-refractivity contribution in [3.8, 4) is 0 Å². The number of nitrogens with two attached hydrogens (primary N) is 1. The fourth-order valence-electron chi connectivity index (χ4n) is 4.95. The van der Waals surface area contributed by atoms with Gasteiger partial charge in [-0.25, -0.2) is 4.31 Å². The first-order valence-electron chi connectivity index (χ1n) is 10.5. The van der Waals surface area contributed by atoms with E-state index in [0.717, 1.165) is 61.3 Å². The third-order valence-corrected chi connectivity index (χ3v) is 7.48. The van der Waals surface area contributed by atoms with Gasteiger partial charge in [-0.15, -0.1) is 0 Å². The molecule has 0 spiro atoms. The van der Waals surface area contributed by atoms with Gasteiger partial charge in [0.05, 0.1) is 6.04 Å². The number of carbonyl (C=O) groups excluding carboxylic acids is 1. The third kappa shape index (κ3) is 3.31. The summed E-state index contributed by atoms with van der Waals surface area (Å²) < 4.78 is 2.24. The van der Waals surface area contributed by atoms with E-state index in [0.29, 0.717) is 0 Å². The Hall–Kier alpha value is -1.98. The number of rotatable bonds is 4. The van der Waals surface area contributed by atoms with Crippen LogP contribution in [0.5, 0.6) is 0 Å². The van der Waals surface area contributed by atoms with Gasteiger partial charge in [0.1, 0.15) is 0 Å². The highest BCUT2D eigenvalue weighted by Gasteiger charge is 2.33. The average Bonchev–Trinajstić information content (AvgIpc) is 3.43. The number of amides is 1. The number of hydrogen-bond acceptors (Lipinski definition) is 4. The average molecular weight is 394 g/mol. The number of nitrogen functional groups attached to an aromatic ring is 1. The number of aryl methyl sites for hydroxylation is 2. The monoisotopic (exact) mass is 393 g/mol. The van der Waals surface area contributed by atoms with E-state index in [4.69, 9.17) is 5.73 Å². The molecule has 0 aromatic heterocycles. The van der Waals surface area contributed by atoms with Crippen LogP contribution in [0.4, 0.5) is 11.4 Å². The van der Waals surface area contributed by atoms with Gasteiger partial charge in [0, 0.05) is 22.8 Å². The molecule has 1 fully saturated rings. The molecule has 146 valence electrons. The Morgan fingerprint density at radius 2 is 1.68 bits per heavy atom. The molecular weight excluding hydrogens is 366 g/mol. The van der Waals surface area contributed by atoms with Gasteiger partial charge in [-0.05, 0) is 110 Å². The Morgan fingerprint density at radius 3 is 2.36 bits per heavy atom. The summed E-state index contributed by atoms with van der Waals surface area (Å²) in [6.45, 7) is 0.943. The van der Waals surface area contributed by atoms with Crippen LogP contribution >= 0.6 is 11.9 Å². The molecule has 2 aromatic rings. The highest BCUT2D eigenvalue weighted by atomic mass is 32.2. The third-order valence-electron chi connectivity index (χ3n) is 6.33. The normalized spacial score (nSPS) is 20.9. The van der Waals surface area contributed by atoms with Gasteiger partial charge in [-0.1, -0.05) is 6.07 Å². The molecule has 0 bridgehead atoms. The zero-order valence-electron chi connectivity index (χ0n) is 16.2. The summed E-state index contributed by atoms with van der Waals surface area (Å²) in [7, 11) is 0. The standard InChI is InChI=1S/C23H27N3OS/c24-17-9-11-18(12-10-17)28-26-13-3-8-21(26)23(27)25-22-19-6-1-4-15(19)14-16-5-2-7-20(16)22/h9-12,14,21H,1-8,13,24H2,(H,25,27). The topological polar surface area (TPSA) is 58.4 Å². The molecule has 3 aliphatic rings. The summed E-state index contributed by atoms with van der Waals surface area (Å²) in [6, 6.07) is 10.2. The first-order valence-corrected chi connectivity index (χ1v) is 11.2. The van der Waals surface area contributed by atoms with Gasteiger partial charge in [0.25, 0.3) is 0 Å². The molecule has 5 heteroatoms. The molecule has 1 atom stereocenters. The molecule has 1 heterocycles. The molecule has 3 N–H and O–H groups in total. The van der Waals surface area contributed by atoms with Gasteiger partial charge in [-0.3, -0.25) is 4.79 Å². The SMILES string of the molecule is Nc1ccc(SN2CCCC2C(=O)Nc2c3c(cc4c2CCC4)CCC3)cc1. The minimum Gasteiger partial charge on any atom is -0.399 e. The van der Waals surface area contributed by atoms with Crippen molar-refractivity contribution >= 4 is 29.2 Å². The summed E-state index contributed by atoms with van der Waals surface area (Å²) in [5, 5.41) is 3.40. The predicted octanol–water partition coefficient (Wildman–Crippen LogP) is 4.36. The number of fused-ring (bicyclic) bond motifs is 2. The van der Waals surface area contributed by atoms with Crippen molar-refractivity contribution in [2.45, 2.75) is 62.3 Å². The molecule has 1 saturated heterocycles. The predicted molar refractivity (Wildman–Crippen MR) is 116 cm³/mol. The molecule has 0 radical (unpaired) electrons. The summed E-state index contributed by atoms with van der Waals surface area (Å²) >= 11 is 1.67. The Balaban J connectivity index is 1.36. The van der Waals surface area contributed by atoms with E-state index in [1.54, 1.807) is 11.9 Å². The van der Waals surface area contributed by atoms with Crippen molar-refractivity contribution in [3.05, 3.63) is 52.6 Å². The largest absolute Gasteiger partial charge is 0.399 e. The fourth-order valence-corrected chi connectivity index (χ4v) is 6.03. The molecule has 2 aromatic carbocycles. The molecule has 0 saturated carbocycles. The lowest BCUT2D eigenvalue weighted by Crippen LogP contribution is -2.36. The zero-order valence-corrected chi connectivity index (χ0v) is 17.0. The Bertz CT molecular complexity index is 877. The molecule has 1 unspecified atom stereocenters. The minimum atomic E-state index is -0.0723. The Kier molecular flexibility index (Phi) is 4.81. The second-order valence-corrected chi connectivity index (χ2v) is 9.31. The number of nitrogens with one attached hydrogen (secondary N) is 1. The molecule has 2 aliphatic carbocycles. The van der Waals surface area contributed by atoms with E-state index in [1.807, 2.05) is 24.3 Å². The van der Waals surface area contributed by atoms with Crippen LogP contribution < -0.4 is 11.1 Å². The lowest BCUT2D eigenvalue weighted by Gasteiger charge is -2.24.